The Morgan fingerprint density at radius 1 is 0.923 bits per heavy atom. The van der Waals surface area contributed by atoms with Crippen LogP contribution in [0.15, 0.2) is 0 Å². The predicted octanol–water partition coefficient (Wildman–Crippen LogP) is 2.33. The quantitative estimate of drug-likeness (QED) is 0.318. The smallest absolute Gasteiger partial charge is 0.418 e. The van der Waals surface area contributed by atoms with Crippen LogP contribution in [-0.4, -0.2) is 30.6 Å². The molecule has 0 saturated carbocycles. The van der Waals surface area contributed by atoms with E-state index in [0.717, 1.165) is 0 Å². The van der Waals surface area contributed by atoms with Crippen molar-refractivity contribution >= 4 is 13.0 Å². The molecule has 0 bridgehead atoms. The van der Waals surface area contributed by atoms with E-state index in [0.29, 0.717) is 0 Å². The highest BCUT2D eigenvalue weighted by atomic mass is 19.5. The Morgan fingerprint density at radius 3 is 1.62 bits per heavy atom. The van der Waals surface area contributed by atoms with Crippen molar-refractivity contribution in [2.24, 2.45) is 0 Å². The SMILES string of the molecule is C1CC2=[N+](C1)CCC2.F[B-](F)(F)F. The normalized spacial score (nSPS) is 21.2. The molecular formula is C7H12BF4N. The van der Waals surface area contributed by atoms with E-state index in [1.54, 1.807) is 5.71 Å². The summed E-state index contributed by atoms with van der Waals surface area (Å²) in [6.07, 6.45) is 5.66. The maximum absolute atomic E-state index is 9.75. The van der Waals surface area contributed by atoms with E-state index in [2.05, 4.69) is 4.58 Å². The van der Waals surface area contributed by atoms with Crippen molar-refractivity contribution < 1.29 is 21.8 Å². The number of hydrogen-bond donors (Lipinski definition) is 0. The van der Waals surface area contributed by atoms with Gasteiger partial charge in [0.15, 0.2) is 5.71 Å². The molecule has 0 aliphatic carbocycles. The van der Waals surface area contributed by atoms with Gasteiger partial charge in [-0.05, 0) is 0 Å². The summed E-state index contributed by atoms with van der Waals surface area (Å²) in [6, 6.07) is 0. The maximum Gasteiger partial charge on any atom is 0.673 e. The van der Waals surface area contributed by atoms with Gasteiger partial charge in [-0.2, -0.15) is 0 Å². The molecule has 0 atom stereocenters. The lowest BCUT2D eigenvalue weighted by Gasteiger charge is -1.94. The molecule has 2 heterocycles. The summed E-state index contributed by atoms with van der Waals surface area (Å²) >= 11 is 0. The highest BCUT2D eigenvalue weighted by Gasteiger charge is 2.26. The van der Waals surface area contributed by atoms with Gasteiger partial charge in [0.2, 0.25) is 0 Å². The summed E-state index contributed by atoms with van der Waals surface area (Å²) in [5.74, 6) is 0. The highest BCUT2D eigenvalue weighted by Crippen LogP contribution is 2.15. The Kier molecular flexibility index (Phi) is 3.33. The van der Waals surface area contributed by atoms with E-state index in [1.807, 2.05) is 0 Å². The first-order valence-electron chi connectivity index (χ1n) is 4.44. The van der Waals surface area contributed by atoms with E-state index < -0.39 is 7.25 Å². The average Bonchev–Trinajstić information content (AvgIpc) is 2.36. The van der Waals surface area contributed by atoms with Gasteiger partial charge in [-0.3, -0.25) is 0 Å². The Labute approximate surface area is 74.5 Å². The molecule has 0 spiro atoms. The minimum atomic E-state index is -6.00. The third kappa shape index (κ3) is 4.29. The van der Waals surface area contributed by atoms with Crippen molar-refractivity contribution in [2.45, 2.75) is 25.7 Å². The zero-order valence-corrected chi connectivity index (χ0v) is 7.28. The van der Waals surface area contributed by atoms with Crippen LogP contribution in [0, 0.1) is 0 Å². The van der Waals surface area contributed by atoms with Crippen molar-refractivity contribution in [2.75, 3.05) is 13.1 Å². The van der Waals surface area contributed by atoms with E-state index in [1.165, 1.54) is 38.8 Å². The van der Waals surface area contributed by atoms with Crippen molar-refractivity contribution in [3.8, 4) is 0 Å². The third-order valence-corrected chi connectivity index (χ3v) is 2.23. The molecule has 0 aromatic rings. The molecule has 0 saturated heterocycles. The van der Waals surface area contributed by atoms with Gasteiger partial charge in [-0.25, -0.2) is 4.58 Å². The molecule has 1 nitrogen and oxygen atoms in total. The Bertz CT molecular complexity index is 177. The van der Waals surface area contributed by atoms with Gasteiger partial charge in [-0.1, -0.05) is 0 Å². The third-order valence-electron chi connectivity index (χ3n) is 2.23. The van der Waals surface area contributed by atoms with Gasteiger partial charge >= 0.3 is 7.25 Å². The van der Waals surface area contributed by atoms with Crippen molar-refractivity contribution in [3.05, 3.63) is 0 Å². The summed E-state index contributed by atoms with van der Waals surface area (Å²) in [5.41, 5.74) is 1.74. The largest absolute Gasteiger partial charge is 0.673 e. The van der Waals surface area contributed by atoms with Gasteiger partial charge in [-0.15, -0.1) is 0 Å². The predicted molar refractivity (Wildman–Crippen MR) is 43.7 cm³/mol. The average molecular weight is 197 g/mol. The molecule has 2 aliphatic heterocycles. The fourth-order valence-electron chi connectivity index (χ4n) is 1.82. The van der Waals surface area contributed by atoms with Crippen LogP contribution in [0.1, 0.15) is 25.7 Å². The van der Waals surface area contributed by atoms with Crippen LogP contribution in [0.5, 0.6) is 0 Å². The van der Waals surface area contributed by atoms with Crippen LogP contribution in [0.4, 0.5) is 17.3 Å². The van der Waals surface area contributed by atoms with E-state index >= 15 is 0 Å². The molecule has 0 fully saturated rings. The minimum absolute atomic E-state index is 1.36. The van der Waals surface area contributed by atoms with Gasteiger partial charge in [0, 0.05) is 25.7 Å². The summed E-state index contributed by atoms with van der Waals surface area (Å²) in [6.45, 7) is 2.71. The van der Waals surface area contributed by atoms with E-state index in [9.17, 15) is 17.3 Å². The molecule has 0 aromatic carbocycles. The lowest BCUT2D eigenvalue weighted by molar-refractivity contribution is -0.512. The van der Waals surface area contributed by atoms with Crippen molar-refractivity contribution in [1.82, 2.24) is 0 Å². The fraction of sp³-hybridized carbons (Fsp3) is 0.857. The Morgan fingerprint density at radius 2 is 1.31 bits per heavy atom. The van der Waals surface area contributed by atoms with Gasteiger partial charge in [0.05, 0.1) is 0 Å². The monoisotopic (exact) mass is 197 g/mol. The topological polar surface area (TPSA) is 3.01 Å². The highest BCUT2D eigenvalue weighted by molar-refractivity contribution is 6.50. The van der Waals surface area contributed by atoms with Crippen LogP contribution < -0.4 is 0 Å². The number of hydrogen-bond acceptors (Lipinski definition) is 0. The van der Waals surface area contributed by atoms with Gasteiger partial charge in [0.25, 0.3) is 0 Å². The molecule has 0 amide bonds. The summed E-state index contributed by atoms with van der Waals surface area (Å²) in [5, 5.41) is 0. The lowest BCUT2D eigenvalue weighted by Crippen LogP contribution is -2.06. The molecule has 2 aliphatic rings. The van der Waals surface area contributed by atoms with Crippen LogP contribution in [0.2, 0.25) is 0 Å². The molecule has 0 N–H and O–H groups in total. The summed E-state index contributed by atoms with van der Waals surface area (Å²) < 4.78 is 41.6. The molecule has 76 valence electrons. The summed E-state index contributed by atoms with van der Waals surface area (Å²) in [7, 11) is -6.00. The van der Waals surface area contributed by atoms with Crippen molar-refractivity contribution in [3.63, 3.8) is 0 Å². The molecule has 13 heavy (non-hydrogen) atoms. The van der Waals surface area contributed by atoms with E-state index in [-0.39, 0.29) is 0 Å². The number of nitrogens with zero attached hydrogens (tertiary/aromatic N) is 1. The first-order chi connectivity index (χ1) is 5.97. The summed E-state index contributed by atoms with van der Waals surface area (Å²) in [4.78, 5) is 0. The van der Waals surface area contributed by atoms with E-state index in [4.69, 9.17) is 0 Å². The second kappa shape index (κ2) is 4.11. The number of rotatable bonds is 0. The van der Waals surface area contributed by atoms with Gasteiger partial charge in [0.1, 0.15) is 13.1 Å². The van der Waals surface area contributed by atoms with Crippen LogP contribution in [0.3, 0.4) is 0 Å². The molecule has 6 heteroatoms. The first-order valence-corrected chi connectivity index (χ1v) is 4.44. The molecule has 0 unspecified atom stereocenters. The van der Waals surface area contributed by atoms with Crippen LogP contribution >= 0.6 is 0 Å². The fourth-order valence-corrected chi connectivity index (χ4v) is 1.82. The van der Waals surface area contributed by atoms with Gasteiger partial charge < -0.3 is 17.3 Å². The second-order valence-corrected chi connectivity index (χ2v) is 3.26. The molecular weight excluding hydrogens is 185 g/mol. The molecule has 0 aromatic heterocycles. The van der Waals surface area contributed by atoms with Crippen LogP contribution in [0.25, 0.3) is 0 Å². The van der Waals surface area contributed by atoms with Crippen molar-refractivity contribution in [1.29, 1.82) is 0 Å². The minimum Gasteiger partial charge on any atom is -0.418 e. The second-order valence-electron chi connectivity index (χ2n) is 3.26. The zero-order chi connectivity index (χ0) is 9.90. The maximum atomic E-state index is 9.75. The Hall–Kier alpha value is -0.545. The molecule has 2 rings (SSSR count). The standard InChI is InChI=1S/C7H12N.BF4/c1-3-7-4-2-6-8(7)5-1;2-1(3,4)5/h1-6H2;/q+1;-1. The lowest BCUT2D eigenvalue weighted by atomic mass is 10.2. The number of halogens is 4. The first kappa shape index (κ1) is 10.5. The Balaban J connectivity index is 0.000000149. The molecule has 0 radical (unpaired) electrons. The zero-order valence-electron chi connectivity index (χ0n) is 7.28. The van der Waals surface area contributed by atoms with Crippen LogP contribution in [-0.2, 0) is 0 Å².